The second-order valence-corrected chi connectivity index (χ2v) is 6.62. The average Bonchev–Trinajstić information content (AvgIpc) is 2.36. The first kappa shape index (κ1) is 22.9. The van der Waals surface area contributed by atoms with Crippen LogP contribution in [0.5, 0.6) is 5.75 Å². The molecule has 2 aromatic carbocycles. The van der Waals surface area contributed by atoms with Crippen LogP contribution in [0.15, 0.2) is 39.2 Å². The van der Waals surface area contributed by atoms with Gasteiger partial charge in [-0.05, 0) is 17.3 Å². The minimum atomic E-state index is -5.22. The van der Waals surface area contributed by atoms with Crippen molar-refractivity contribution in [3.8, 4) is 5.75 Å². The van der Waals surface area contributed by atoms with Gasteiger partial charge in [-0.2, -0.15) is 0 Å². The molecule has 0 aliphatic rings. The number of nitroso groups, excluding NO2 is 1. The van der Waals surface area contributed by atoms with Gasteiger partial charge in [-0.15, -0.1) is 4.91 Å². The van der Waals surface area contributed by atoms with E-state index in [2.05, 4.69) is 5.18 Å². The number of benzene rings is 2. The third-order valence-electron chi connectivity index (χ3n) is 2.68. The normalized spacial score (nSPS) is 11.4. The minimum Gasteiger partial charge on any atom is -0.744 e. The van der Waals surface area contributed by atoms with Crippen LogP contribution in [-0.4, -0.2) is 31.0 Å². The molecule has 1 N–H and O–H groups in total. The predicted molar refractivity (Wildman–Crippen MR) is 67.0 cm³/mol. The van der Waals surface area contributed by atoms with Gasteiger partial charge >= 0.3 is 59.1 Å². The zero-order valence-electron chi connectivity index (χ0n) is 11.9. The van der Waals surface area contributed by atoms with Gasteiger partial charge < -0.3 is 14.2 Å². The molecule has 0 fully saturated rings. The van der Waals surface area contributed by atoms with E-state index in [1.807, 2.05) is 0 Å². The van der Waals surface area contributed by atoms with Gasteiger partial charge in [0.1, 0.15) is 20.2 Å². The van der Waals surface area contributed by atoms with E-state index >= 15 is 0 Å². The summed E-state index contributed by atoms with van der Waals surface area (Å²) in [6, 6.07) is 3.29. The molecule has 0 spiro atoms. The number of aromatic hydroxyl groups is 1. The summed E-state index contributed by atoms with van der Waals surface area (Å²) in [5.74, 6) is -0.835. The Balaban J connectivity index is 0.00000242. The second kappa shape index (κ2) is 7.87. The van der Waals surface area contributed by atoms with Crippen molar-refractivity contribution in [2.24, 2.45) is 5.18 Å². The van der Waals surface area contributed by atoms with Crippen LogP contribution in [0.1, 0.15) is 0 Å². The Labute approximate surface area is 175 Å². The van der Waals surface area contributed by atoms with Crippen LogP contribution in [-0.2, 0) is 20.2 Å². The molecule has 9 nitrogen and oxygen atoms in total. The van der Waals surface area contributed by atoms with Crippen molar-refractivity contribution < 1.29 is 90.2 Å². The smallest absolute Gasteiger partial charge is 0.744 e. The van der Waals surface area contributed by atoms with Gasteiger partial charge in [0.15, 0.2) is 11.4 Å². The fourth-order valence-corrected chi connectivity index (χ4v) is 3.37. The molecule has 0 aliphatic heterocycles. The zero-order valence-corrected chi connectivity index (χ0v) is 17.5. The van der Waals surface area contributed by atoms with Crippen molar-refractivity contribution in [2.75, 3.05) is 0 Å². The predicted octanol–water partition coefficient (Wildman–Crippen LogP) is -5.24. The Kier molecular flexibility index (Phi) is 7.84. The number of rotatable bonds is 3. The molecule has 0 saturated heterocycles. The molecule has 0 amide bonds. The summed E-state index contributed by atoms with van der Waals surface area (Å²) < 4.78 is 67.2. The molecule has 13 heteroatoms. The quantitative estimate of drug-likeness (QED) is 0.315. The first-order valence-corrected chi connectivity index (χ1v) is 7.93. The van der Waals surface area contributed by atoms with Gasteiger partial charge in [-0.1, -0.05) is 12.1 Å². The van der Waals surface area contributed by atoms with E-state index in [-0.39, 0.29) is 59.1 Å². The Morgan fingerprint density at radius 1 is 0.957 bits per heavy atom. The van der Waals surface area contributed by atoms with E-state index in [1.165, 1.54) is 0 Å². The number of fused-ring (bicyclic) bond motifs is 1. The van der Waals surface area contributed by atoms with E-state index in [9.17, 15) is 36.0 Å². The van der Waals surface area contributed by atoms with Gasteiger partial charge in [0.25, 0.3) is 0 Å². The van der Waals surface area contributed by atoms with E-state index in [1.54, 1.807) is 0 Å². The molecule has 2 rings (SSSR count). The molecular weight excluding hydrogens is 372 g/mol. The van der Waals surface area contributed by atoms with Crippen LogP contribution in [0.4, 0.5) is 5.69 Å². The molecule has 0 unspecified atom stereocenters. The molecule has 0 aliphatic carbocycles. The first-order chi connectivity index (χ1) is 9.57. The van der Waals surface area contributed by atoms with Gasteiger partial charge in [0, 0.05) is 10.8 Å². The largest absolute Gasteiger partial charge is 1.00 e. The Morgan fingerprint density at radius 2 is 1.48 bits per heavy atom. The third-order valence-corrected chi connectivity index (χ3v) is 4.41. The molecule has 0 saturated carbocycles. The number of phenolic OH excluding ortho intramolecular Hbond substituents is 1. The Morgan fingerprint density at radius 3 is 1.91 bits per heavy atom. The summed E-state index contributed by atoms with van der Waals surface area (Å²) in [5.41, 5.74) is -0.766. The van der Waals surface area contributed by atoms with Crippen LogP contribution in [0.3, 0.4) is 0 Å². The molecule has 0 bridgehead atoms. The maximum absolute atomic E-state index is 11.2. The summed E-state index contributed by atoms with van der Waals surface area (Å²) in [7, 11) is -10.3. The maximum atomic E-state index is 11.2. The second-order valence-electron chi connectivity index (χ2n) is 3.92. The van der Waals surface area contributed by atoms with Crippen LogP contribution in [0.2, 0.25) is 0 Å². The molecule has 0 radical (unpaired) electrons. The van der Waals surface area contributed by atoms with Gasteiger partial charge in [0.05, 0.1) is 9.79 Å². The zero-order chi connectivity index (χ0) is 16.0. The van der Waals surface area contributed by atoms with Crippen LogP contribution in [0.25, 0.3) is 10.8 Å². The van der Waals surface area contributed by atoms with Gasteiger partial charge in [-0.3, -0.25) is 0 Å². The molecule has 112 valence electrons. The fourth-order valence-electron chi connectivity index (χ4n) is 1.86. The SMILES string of the molecule is O=Nc1cc(S(=O)(=O)[O-])c2c(S(=O)(=O)[O-])cccc2c1O.[Na+].[Na+]. The van der Waals surface area contributed by atoms with Crippen LogP contribution < -0.4 is 59.1 Å². The van der Waals surface area contributed by atoms with Crippen molar-refractivity contribution in [2.45, 2.75) is 9.79 Å². The number of nitrogens with zero attached hydrogens (tertiary/aromatic N) is 1. The number of hydrogen-bond donors (Lipinski definition) is 1. The van der Waals surface area contributed by atoms with Crippen molar-refractivity contribution in [3.63, 3.8) is 0 Å². The van der Waals surface area contributed by atoms with Crippen molar-refractivity contribution in [1.82, 2.24) is 0 Å². The topological polar surface area (TPSA) is 164 Å². The molecule has 0 atom stereocenters. The van der Waals surface area contributed by atoms with Crippen molar-refractivity contribution in [1.29, 1.82) is 0 Å². The maximum Gasteiger partial charge on any atom is 1.00 e. The monoisotopic (exact) mass is 377 g/mol. The van der Waals surface area contributed by atoms with E-state index in [4.69, 9.17) is 0 Å². The fraction of sp³-hybridized carbons (Fsp3) is 0. The Hall–Kier alpha value is -0.0800. The Bertz CT molecular complexity index is 972. The summed E-state index contributed by atoms with van der Waals surface area (Å²) >= 11 is 0. The number of hydrogen-bond acceptors (Lipinski definition) is 9. The molecular formula is C10H5NNa2O8S2. The molecule has 2 aromatic rings. The van der Waals surface area contributed by atoms with Gasteiger partial charge in [0.2, 0.25) is 0 Å². The van der Waals surface area contributed by atoms with Crippen LogP contribution >= 0.6 is 0 Å². The minimum absolute atomic E-state index is 0. The van der Waals surface area contributed by atoms with E-state index in [0.717, 1.165) is 18.2 Å². The summed E-state index contributed by atoms with van der Waals surface area (Å²) in [4.78, 5) is 8.42. The summed E-state index contributed by atoms with van der Waals surface area (Å²) in [6.07, 6.45) is 0. The molecule has 0 aromatic heterocycles. The van der Waals surface area contributed by atoms with Gasteiger partial charge in [-0.25, -0.2) is 16.8 Å². The summed E-state index contributed by atoms with van der Waals surface area (Å²) in [5, 5.41) is 10.9. The third kappa shape index (κ3) is 4.51. The average molecular weight is 377 g/mol. The van der Waals surface area contributed by atoms with Crippen molar-refractivity contribution in [3.05, 3.63) is 29.2 Å². The van der Waals surface area contributed by atoms with Crippen molar-refractivity contribution >= 4 is 36.7 Å². The standard InChI is InChI=1S/C10H7NO8S2.2Na/c12-10-5-2-1-3-7(20(14,15)16)9(5)8(21(17,18)19)4-6(10)11-13;;/h1-4,12H,(H,14,15,16)(H,17,18,19);;/q;2*+1/p-2. The van der Waals surface area contributed by atoms with E-state index < -0.39 is 52.2 Å². The summed E-state index contributed by atoms with van der Waals surface area (Å²) in [6.45, 7) is 0. The molecule has 0 heterocycles. The number of phenols is 1. The van der Waals surface area contributed by atoms with E-state index in [0.29, 0.717) is 6.07 Å². The molecule has 23 heavy (non-hydrogen) atoms. The first-order valence-electron chi connectivity index (χ1n) is 5.11. The van der Waals surface area contributed by atoms with Crippen LogP contribution in [0, 0.1) is 4.91 Å².